The van der Waals surface area contributed by atoms with Crippen LogP contribution in [-0.2, 0) is 16.6 Å². The van der Waals surface area contributed by atoms with Gasteiger partial charge in [0.05, 0.1) is 0 Å². The first-order valence-corrected chi connectivity index (χ1v) is 8.36. The molecule has 0 amide bonds. The summed E-state index contributed by atoms with van der Waals surface area (Å²) in [5, 5.41) is 0. The van der Waals surface area contributed by atoms with Gasteiger partial charge in [-0.2, -0.15) is 17.4 Å². The van der Waals surface area contributed by atoms with Gasteiger partial charge in [-0.15, -0.1) is 0 Å². The Bertz CT molecular complexity index is 543. The monoisotopic (exact) mass is 300 g/mol. The number of halogens is 1. The van der Waals surface area contributed by atoms with Gasteiger partial charge in [0.2, 0.25) is 0 Å². The summed E-state index contributed by atoms with van der Waals surface area (Å²) in [5.74, 6) is -0.272. The Morgan fingerprint density at radius 1 is 1.35 bits per heavy atom. The third-order valence-electron chi connectivity index (χ3n) is 3.40. The van der Waals surface area contributed by atoms with Crippen LogP contribution in [0.25, 0.3) is 0 Å². The molecule has 1 heterocycles. The normalized spacial score (nSPS) is 20.7. The third-order valence-corrected chi connectivity index (χ3v) is 5.27. The van der Waals surface area contributed by atoms with Gasteiger partial charge in [-0.25, -0.2) is 4.39 Å². The van der Waals surface area contributed by atoms with Gasteiger partial charge in [0.15, 0.2) is 0 Å². The van der Waals surface area contributed by atoms with Gasteiger partial charge in [-0.05, 0) is 50.8 Å². The van der Waals surface area contributed by atoms with E-state index < -0.39 is 10.2 Å². The standard InChI is InChI=1S/C14H21FN2O2S/c1-11(2)16-20(18,19)17-9-3-4-14(17)10-12-5-7-13(15)8-6-12/h5-8,11,14,16H,3-4,9-10H2,1-2H3. The lowest BCUT2D eigenvalue weighted by Gasteiger charge is -2.25. The van der Waals surface area contributed by atoms with Crippen LogP contribution in [0.15, 0.2) is 24.3 Å². The smallest absolute Gasteiger partial charge is 0.207 e. The van der Waals surface area contributed by atoms with E-state index in [1.54, 1.807) is 12.1 Å². The predicted molar refractivity (Wildman–Crippen MR) is 77.0 cm³/mol. The Kier molecular flexibility index (Phi) is 4.78. The highest BCUT2D eigenvalue weighted by Crippen LogP contribution is 2.24. The molecule has 0 aromatic heterocycles. The Labute approximate surface area is 120 Å². The summed E-state index contributed by atoms with van der Waals surface area (Å²) in [5.41, 5.74) is 0.961. The molecule has 0 radical (unpaired) electrons. The van der Waals surface area contributed by atoms with Crippen LogP contribution in [0, 0.1) is 5.82 Å². The minimum Gasteiger partial charge on any atom is -0.207 e. The van der Waals surface area contributed by atoms with Crippen LogP contribution in [0.5, 0.6) is 0 Å². The molecule has 0 saturated carbocycles. The highest BCUT2D eigenvalue weighted by molar-refractivity contribution is 7.87. The largest absolute Gasteiger partial charge is 0.279 e. The van der Waals surface area contributed by atoms with E-state index >= 15 is 0 Å². The van der Waals surface area contributed by atoms with Gasteiger partial charge in [-0.3, -0.25) is 0 Å². The van der Waals surface area contributed by atoms with Crippen LogP contribution in [0.2, 0.25) is 0 Å². The molecule has 1 aromatic carbocycles. The molecule has 0 bridgehead atoms. The first-order chi connectivity index (χ1) is 9.38. The fourth-order valence-corrected chi connectivity index (χ4v) is 4.26. The summed E-state index contributed by atoms with van der Waals surface area (Å²) in [6.07, 6.45) is 2.33. The van der Waals surface area contributed by atoms with Crippen molar-refractivity contribution in [3.05, 3.63) is 35.6 Å². The van der Waals surface area contributed by atoms with Crippen LogP contribution < -0.4 is 4.72 Å². The van der Waals surface area contributed by atoms with Gasteiger partial charge in [0, 0.05) is 18.6 Å². The molecule has 4 nitrogen and oxygen atoms in total. The van der Waals surface area contributed by atoms with E-state index in [0.717, 1.165) is 18.4 Å². The van der Waals surface area contributed by atoms with Crippen molar-refractivity contribution >= 4 is 10.2 Å². The lowest BCUT2D eigenvalue weighted by molar-refractivity contribution is 0.376. The summed E-state index contributed by atoms with van der Waals surface area (Å²) >= 11 is 0. The molecule has 1 fully saturated rings. The number of rotatable bonds is 5. The molecule has 1 N–H and O–H groups in total. The Morgan fingerprint density at radius 2 is 2.00 bits per heavy atom. The van der Waals surface area contributed by atoms with Crippen molar-refractivity contribution in [1.82, 2.24) is 9.03 Å². The summed E-state index contributed by atoms with van der Waals surface area (Å²) in [4.78, 5) is 0. The fourth-order valence-electron chi connectivity index (χ4n) is 2.59. The maximum absolute atomic E-state index is 12.9. The fraction of sp³-hybridized carbons (Fsp3) is 0.571. The molecule has 1 aromatic rings. The van der Waals surface area contributed by atoms with Crippen molar-refractivity contribution in [2.75, 3.05) is 6.54 Å². The van der Waals surface area contributed by atoms with Gasteiger partial charge in [0.1, 0.15) is 5.82 Å². The maximum atomic E-state index is 12.9. The molecule has 6 heteroatoms. The van der Waals surface area contributed by atoms with Crippen LogP contribution >= 0.6 is 0 Å². The summed E-state index contributed by atoms with van der Waals surface area (Å²) in [6, 6.07) is 6.09. The van der Waals surface area contributed by atoms with Crippen molar-refractivity contribution in [1.29, 1.82) is 0 Å². The molecule has 1 atom stereocenters. The molecular formula is C14H21FN2O2S. The lowest BCUT2D eigenvalue weighted by atomic mass is 10.0. The second-order valence-electron chi connectivity index (χ2n) is 5.51. The average Bonchev–Trinajstić information content (AvgIpc) is 2.79. The molecule has 1 aliphatic rings. The SMILES string of the molecule is CC(C)NS(=O)(=O)N1CCCC1Cc1ccc(F)cc1. The van der Waals surface area contributed by atoms with Crippen molar-refractivity contribution in [2.24, 2.45) is 0 Å². The highest BCUT2D eigenvalue weighted by atomic mass is 32.2. The molecule has 0 spiro atoms. The topological polar surface area (TPSA) is 49.4 Å². The van der Waals surface area contributed by atoms with Crippen LogP contribution in [0.4, 0.5) is 4.39 Å². The Hall–Kier alpha value is -0.980. The highest BCUT2D eigenvalue weighted by Gasteiger charge is 2.34. The molecular weight excluding hydrogens is 279 g/mol. The first-order valence-electron chi connectivity index (χ1n) is 6.92. The summed E-state index contributed by atoms with van der Waals surface area (Å²) in [6.45, 7) is 4.17. The predicted octanol–water partition coefficient (Wildman–Crippen LogP) is 2.08. The van der Waals surface area contributed by atoms with E-state index in [1.165, 1.54) is 16.4 Å². The number of nitrogens with zero attached hydrogens (tertiary/aromatic N) is 1. The van der Waals surface area contributed by atoms with E-state index in [4.69, 9.17) is 0 Å². The minimum atomic E-state index is -3.43. The third kappa shape index (κ3) is 3.77. The van der Waals surface area contributed by atoms with Gasteiger partial charge < -0.3 is 0 Å². The van der Waals surface area contributed by atoms with Gasteiger partial charge in [-0.1, -0.05) is 12.1 Å². The number of nitrogens with one attached hydrogen (secondary N) is 1. The van der Waals surface area contributed by atoms with Crippen LogP contribution in [0.1, 0.15) is 32.3 Å². The average molecular weight is 300 g/mol. The second kappa shape index (κ2) is 6.20. The van der Waals surface area contributed by atoms with E-state index in [0.29, 0.717) is 13.0 Å². The zero-order chi connectivity index (χ0) is 14.8. The molecule has 1 unspecified atom stereocenters. The Morgan fingerprint density at radius 3 is 2.60 bits per heavy atom. The number of hydrogen-bond acceptors (Lipinski definition) is 2. The Balaban J connectivity index is 2.09. The molecule has 2 rings (SSSR count). The summed E-state index contributed by atoms with van der Waals surface area (Å²) < 4.78 is 41.6. The molecule has 1 saturated heterocycles. The van der Waals surface area contributed by atoms with E-state index in [2.05, 4.69) is 4.72 Å². The number of hydrogen-bond donors (Lipinski definition) is 1. The van der Waals surface area contributed by atoms with Crippen LogP contribution in [-0.4, -0.2) is 31.4 Å². The summed E-state index contributed by atoms with van der Waals surface area (Å²) in [7, 11) is -3.43. The lowest BCUT2D eigenvalue weighted by Crippen LogP contribution is -2.46. The van der Waals surface area contributed by atoms with E-state index in [9.17, 15) is 12.8 Å². The van der Waals surface area contributed by atoms with Crippen molar-refractivity contribution < 1.29 is 12.8 Å². The van der Waals surface area contributed by atoms with Gasteiger partial charge in [0.25, 0.3) is 10.2 Å². The molecule has 112 valence electrons. The number of benzene rings is 1. The molecule has 0 aliphatic carbocycles. The second-order valence-corrected chi connectivity index (χ2v) is 7.17. The van der Waals surface area contributed by atoms with Crippen molar-refractivity contribution in [3.8, 4) is 0 Å². The van der Waals surface area contributed by atoms with E-state index in [-0.39, 0.29) is 17.9 Å². The zero-order valence-corrected chi connectivity index (χ0v) is 12.7. The molecule has 20 heavy (non-hydrogen) atoms. The minimum absolute atomic E-state index is 0.0447. The van der Waals surface area contributed by atoms with Gasteiger partial charge >= 0.3 is 0 Å². The van der Waals surface area contributed by atoms with Crippen LogP contribution in [0.3, 0.4) is 0 Å². The first kappa shape index (κ1) is 15.4. The quantitative estimate of drug-likeness (QED) is 0.905. The van der Waals surface area contributed by atoms with Crippen molar-refractivity contribution in [3.63, 3.8) is 0 Å². The van der Waals surface area contributed by atoms with E-state index in [1.807, 2.05) is 13.8 Å². The molecule has 1 aliphatic heterocycles. The maximum Gasteiger partial charge on any atom is 0.279 e. The zero-order valence-electron chi connectivity index (χ0n) is 11.8. The van der Waals surface area contributed by atoms with Crippen molar-refractivity contribution in [2.45, 2.75) is 45.2 Å².